The van der Waals surface area contributed by atoms with E-state index in [4.69, 9.17) is 50.7 Å². The van der Waals surface area contributed by atoms with Crippen molar-refractivity contribution >= 4 is 10.8 Å². The summed E-state index contributed by atoms with van der Waals surface area (Å²) in [7, 11) is 0. The van der Waals surface area contributed by atoms with Gasteiger partial charge in [0, 0.05) is 10.8 Å². The van der Waals surface area contributed by atoms with E-state index in [9.17, 15) is 0 Å². The zero-order valence-corrected chi connectivity index (χ0v) is 20.8. The van der Waals surface area contributed by atoms with E-state index in [0.29, 0.717) is 92.5 Å². The summed E-state index contributed by atoms with van der Waals surface area (Å²) in [5, 5.41) is 1.96. The first-order valence-electron chi connectivity index (χ1n) is 12.0. The Balaban J connectivity index is 1.61. The van der Waals surface area contributed by atoms with Gasteiger partial charge < -0.3 is 37.9 Å². The van der Waals surface area contributed by atoms with Crippen molar-refractivity contribution in [1.82, 2.24) is 0 Å². The maximum atomic E-state index is 5.94. The molecular weight excluding hydrogens is 464 g/mol. The molecule has 0 radical (unpaired) electrons. The van der Waals surface area contributed by atoms with Crippen LogP contribution >= 0.6 is 0 Å². The lowest BCUT2D eigenvalue weighted by Gasteiger charge is -2.13. The Kier molecular flexibility index (Phi) is 16.6. The Bertz CT molecular complexity index is 843. The highest BCUT2D eigenvalue weighted by molar-refractivity contribution is 5.93. The molecule has 8 heteroatoms. The molecule has 0 saturated heterocycles. The predicted octanol–water partition coefficient (Wildman–Crippen LogP) is 2.96. The molecule has 196 valence electrons. The molecule has 2 aromatic carbocycles. The van der Waals surface area contributed by atoms with Crippen molar-refractivity contribution < 1.29 is 37.9 Å². The van der Waals surface area contributed by atoms with Crippen LogP contribution < -0.4 is 9.47 Å². The first-order valence-corrected chi connectivity index (χ1v) is 12.0. The summed E-state index contributed by atoms with van der Waals surface area (Å²) < 4.78 is 44.1. The zero-order valence-electron chi connectivity index (χ0n) is 20.8. The van der Waals surface area contributed by atoms with E-state index in [-0.39, 0.29) is 0 Å². The number of terminal acetylenes is 2. The molecular formula is C28H36O8. The van der Waals surface area contributed by atoms with Crippen LogP contribution in [0.2, 0.25) is 0 Å². The molecule has 8 nitrogen and oxygen atoms in total. The summed E-state index contributed by atoms with van der Waals surface area (Å²) in [6.45, 7) is 6.29. The van der Waals surface area contributed by atoms with Crippen LogP contribution in [-0.2, 0) is 28.4 Å². The molecule has 0 atom stereocenters. The smallest absolute Gasteiger partial charge is 0.127 e. The van der Waals surface area contributed by atoms with Crippen molar-refractivity contribution in [1.29, 1.82) is 0 Å². The molecule has 0 heterocycles. The summed E-state index contributed by atoms with van der Waals surface area (Å²) in [4.78, 5) is 0. The Labute approximate surface area is 214 Å². The lowest BCUT2D eigenvalue weighted by atomic mass is 10.1. The standard InChI is InChI=1S/C28H36O8/c1-3-11-29-13-15-31-17-19-33-21-23-35-27-9-5-8-26-25(27)7-6-10-28(26)36-24-22-34-20-18-32-16-14-30-12-4-2/h1-2,5-10H,11-24H2. The first kappa shape index (κ1) is 29.4. The predicted molar refractivity (Wildman–Crippen MR) is 138 cm³/mol. The Morgan fingerprint density at radius 2 is 0.778 bits per heavy atom. The lowest BCUT2D eigenvalue weighted by molar-refractivity contribution is 0.0142. The third-order valence-corrected chi connectivity index (χ3v) is 4.67. The Morgan fingerprint density at radius 1 is 0.444 bits per heavy atom. The van der Waals surface area contributed by atoms with E-state index in [1.165, 1.54) is 0 Å². The summed E-state index contributed by atoms with van der Waals surface area (Å²) >= 11 is 0. The van der Waals surface area contributed by atoms with E-state index in [1.807, 2.05) is 36.4 Å². The fourth-order valence-electron chi connectivity index (χ4n) is 3.07. The van der Waals surface area contributed by atoms with E-state index >= 15 is 0 Å². The van der Waals surface area contributed by atoms with Crippen LogP contribution in [0.15, 0.2) is 36.4 Å². The highest BCUT2D eigenvalue weighted by Crippen LogP contribution is 2.32. The lowest BCUT2D eigenvalue weighted by Crippen LogP contribution is -2.13. The highest BCUT2D eigenvalue weighted by atomic mass is 16.6. The molecule has 2 rings (SSSR count). The summed E-state index contributed by atoms with van der Waals surface area (Å²) in [5.41, 5.74) is 0. The minimum absolute atomic E-state index is 0.301. The number of benzene rings is 2. The second-order valence-electron chi connectivity index (χ2n) is 7.27. The van der Waals surface area contributed by atoms with Crippen LogP contribution in [0, 0.1) is 24.7 Å². The minimum atomic E-state index is 0.301. The van der Waals surface area contributed by atoms with Gasteiger partial charge in [-0.05, 0) is 12.1 Å². The van der Waals surface area contributed by atoms with Crippen LogP contribution in [0.3, 0.4) is 0 Å². The normalized spacial score (nSPS) is 10.7. The van der Waals surface area contributed by atoms with Crippen LogP contribution in [-0.4, -0.2) is 92.5 Å². The summed E-state index contributed by atoms with van der Waals surface area (Å²) in [5.74, 6) is 6.37. The largest absolute Gasteiger partial charge is 0.491 e. The molecule has 0 aliphatic carbocycles. The third-order valence-electron chi connectivity index (χ3n) is 4.67. The van der Waals surface area contributed by atoms with Crippen molar-refractivity contribution in [2.75, 3.05) is 92.5 Å². The highest BCUT2D eigenvalue weighted by Gasteiger charge is 2.07. The van der Waals surface area contributed by atoms with Gasteiger partial charge in [-0.15, -0.1) is 12.8 Å². The van der Waals surface area contributed by atoms with Gasteiger partial charge in [-0.1, -0.05) is 36.1 Å². The number of ether oxygens (including phenoxy) is 8. The van der Waals surface area contributed by atoms with Gasteiger partial charge in [-0.3, -0.25) is 0 Å². The fraction of sp³-hybridized carbons (Fsp3) is 0.500. The SMILES string of the molecule is C#CCOCCOCCOCCOc1cccc2c(OCCOCCOCCOCC#C)cccc12. The number of rotatable bonds is 22. The Hall–Kier alpha value is -2.82. The molecule has 0 saturated carbocycles. The molecule has 0 bridgehead atoms. The number of fused-ring (bicyclic) bond motifs is 1. The van der Waals surface area contributed by atoms with Crippen LogP contribution in [0.5, 0.6) is 11.5 Å². The van der Waals surface area contributed by atoms with Crippen molar-refractivity contribution in [3.8, 4) is 36.2 Å². The molecule has 0 unspecified atom stereocenters. The van der Waals surface area contributed by atoms with Gasteiger partial charge in [0.1, 0.15) is 37.9 Å². The van der Waals surface area contributed by atoms with E-state index in [0.717, 1.165) is 22.3 Å². The fourth-order valence-corrected chi connectivity index (χ4v) is 3.07. The van der Waals surface area contributed by atoms with Crippen LogP contribution in [0.4, 0.5) is 0 Å². The topological polar surface area (TPSA) is 73.8 Å². The second kappa shape index (κ2) is 20.4. The number of hydrogen-bond donors (Lipinski definition) is 0. The quantitative estimate of drug-likeness (QED) is 0.181. The second-order valence-corrected chi connectivity index (χ2v) is 7.27. The van der Waals surface area contributed by atoms with E-state index < -0.39 is 0 Å². The van der Waals surface area contributed by atoms with Crippen LogP contribution in [0.1, 0.15) is 0 Å². The molecule has 0 fully saturated rings. The Morgan fingerprint density at radius 3 is 1.14 bits per heavy atom. The molecule has 0 spiro atoms. The van der Waals surface area contributed by atoms with Gasteiger partial charge in [0.25, 0.3) is 0 Å². The molecule has 0 amide bonds. The van der Waals surface area contributed by atoms with Gasteiger partial charge in [0.2, 0.25) is 0 Å². The maximum Gasteiger partial charge on any atom is 0.127 e. The van der Waals surface area contributed by atoms with Crippen molar-refractivity contribution in [3.05, 3.63) is 36.4 Å². The van der Waals surface area contributed by atoms with E-state index in [2.05, 4.69) is 11.8 Å². The molecule has 0 aromatic heterocycles. The van der Waals surface area contributed by atoms with E-state index in [1.54, 1.807) is 0 Å². The van der Waals surface area contributed by atoms with Crippen molar-refractivity contribution in [2.24, 2.45) is 0 Å². The molecule has 0 aliphatic heterocycles. The molecule has 0 N–H and O–H groups in total. The van der Waals surface area contributed by atoms with Gasteiger partial charge >= 0.3 is 0 Å². The summed E-state index contributed by atoms with van der Waals surface area (Å²) in [6.07, 6.45) is 10.2. The monoisotopic (exact) mass is 500 g/mol. The molecule has 36 heavy (non-hydrogen) atoms. The average Bonchev–Trinajstić information content (AvgIpc) is 2.90. The van der Waals surface area contributed by atoms with Crippen LogP contribution in [0.25, 0.3) is 10.8 Å². The van der Waals surface area contributed by atoms with Gasteiger partial charge in [0.05, 0.1) is 66.1 Å². The van der Waals surface area contributed by atoms with Crippen molar-refractivity contribution in [3.63, 3.8) is 0 Å². The first-order chi connectivity index (χ1) is 17.9. The third kappa shape index (κ3) is 12.8. The van der Waals surface area contributed by atoms with Gasteiger partial charge in [0.15, 0.2) is 0 Å². The summed E-state index contributed by atoms with van der Waals surface area (Å²) in [6, 6.07) is 11.8. The van der Waals surface area contributed by atoms with Gasteiger partial charge in [-0.25, -0.2) is 0 Å². The minimum Gasteiger partial charge on any atom is -0.491 e. The average molecular weight is 501 g/mol. The maximum absolute atomic E-state index is 5.94. The molecule has 2 aromatic rings. The van der Waals surface area contributed by atoms with Gasteiger partial charge in [-0.2, -0.15) is 0 Å². The molecule has 0 aliphatic rings. The van der Waals surface area contributed by atoms with Crippen molar-refractivity contribution in [2.45, 2.75) is 0 Å². The zero-order chi connectivity index (χ0) is 25.5. The number of hydrogen-bond acceptors (Lipinski definition) is 8.